The van der Waals surface area contributed by atoms with Gasteiger partial charge in [-0.05, 0) is 70.4 Å². The maximum absolute atomic E-state index is 13.7. The van der Waals surface area contributed by atoms with E-state index in [2.05, 4.69) is 21.2 Å². The van der Waals surface area contributed by atoms with Crippen molar-refractivity contribution in [3.05, 3.63) is 115 Å². The van der Waals surface area contributed by atoms with Gasteiger partial charge in [0.15, 0.2) is 5.78 Å². The number of aryl methyl sites for hydroxylation is 1. The summed E-state index contributed by atoms with van der Waals surface area (Å²) in [5, 5.41) is 3.51. The van der Waals surface area contributed by atoms with Crippen molar-refractivity contribution in [1.82, 2.24) is 14.0 Å². The van der Waals surface area contributed by atoms with Crippen LogP contribution >= 0.6 is 27.5 Å². The van der Waals surface area contributed by atoms with E-state index in [1.807, 2.05) is 61.6 Å². The largest absolute Gasteiger partial charge is 0.388 e. The van der Waals surface area contributed by atoms with E-state index in [1.54, 1.807) is 27.7 Å². The number of carbonyl (C=O) groups is 2. The van der Waals surface area contributed by atoms with Gasteiger partial charge in [-0.2, -0.15) is 0 Å². The molecule has 3 aromatic carbocycles. The Balaban J connectivity index is 1.53. The maximum atomic E-state index is 13.7. The van der Waals surface area contributed by atoms with E-state index in [-0.39, 0.29) is 30.3 Å². The topological polar surface area (TPSA) is 76.3 Å². The van der Waals surface area contributed by atoms with Gasteiger partial charge in [0.2, 0.25) is 0 Å². The third kappa shape index (κ3) is 5.06. The van der Waals surface area contributed by atoms with E-state index in [4.69, 9.17) is 11.6 Å². The van der Waals surface area contributed by atoms with E-state index in [9.17, 15) is 14.4 Å². The molecule has 0 saturated heterocycles. The van der Waals surface area contributed by atoms with Gasteiger partial charge < -0.3 is 10.2 Å². The highest BCUT2D eigenvalue weighted by Crippen LogP contribution is 2.26. The second-order valence-electron chi connectivity index (χ2n) is 9.13. The molecule has 0 spiro atoms. The van der Waals surface area contributed by atoms with Crippen LogP contribution in [0.1, 0.15) is 38.5 Å². The molecule has 1 N–H and O–H groups in total. The SMILES string of the molecule is CNc1ccc(-n2c(C(=O)CCc3ccccc3)c3n(c2=O)CCN(C(=O)c2ccc(Br)c(Cl)c2)C3)cc1. The Labute approximate surface area is 233 Å². The average molecular weight is 594 g/mol. The summed E-state index contributed by atoms with van der Waals surface area (Å²) in [6.07, 6.45) is 0.794. The Morgan fingerprint density at radius 1 is 1.00 bits per heavy atom. The van der Waals surface area contributed by atoms with Crippen molar-refractivity contribution < 1.29 is 9.59 Å². The van der Waals surface area contributed by atoms with Gasteiger partial charge >= 0.3 is 5.69 Å². The quantitative estimate of drug-likeness (QED) is 0.285. The Morgan fingerprint density at radius 2 is 1.74 bits per heavy atom. The first-order valence-electron chi connectivity index (χ1n) is 12.3. The predicted octanol–water partition coefficient (Wildman–Crippen LogP) is 5.57. The lowest BCUT2D eigenvalue weighted by molar-refractivity contribution is 0.0707. The van der Waals surface area contributed by atoms with Gasteiger partial charge in [-0.1, -0.05) is 41.9 Å². The van der Waals surface area contributed by atoms with Crippen LogP contribution in [-0.4, -0.2) is 39.3 Å². The minimum absolute atomic E-state index is 0.140. The van der Waals surface area contributed by atoms with Crippen LogP contribution in [0, 0.1) is 0 Å². The third-order valence-corrected chi connectivity index (χ3v) is 8.03. The molecule has 0 atom stereocenters. The number of hydrogen-bond acceptors (Lipinski definition) is 4. The van der Waals surface area contributed by atoms with Gasteiger partial charge in [-0.15, -0.1) is 0 Å². The molecular weight excluding hydrogens is 568 g/mol. The third-order valence-electron chi connectivity index (χ3n) is 6.79. The Kier molecular flexibility index (Phi) is 7.53. The van der Waals surface area contributed by atoms with Crippen molar-refractivity contribution in [3.8, 4) is 5.69 Å². The second kappa shape index (κ2) is 11.0. The number of carbonyl (C=O) groups excluding carboxylic acids is 2. The zero-order chi connectivity index (χ0) is 26.8. The number of benzene rings is 3. The lowest BCUT2D eigenvalue weighted by Gasteiger charge is -2.28. The molecule has 0 unspecified atom stereocenters. The normalized spacial score (nSPS) is 12.8. The molecule has 2 heterocycles. The highest BCUT2D eigenvalue weighted by Gasteiger charge is 2.32. The molecule has 0 saturated carbocycles. The zero-order valence-electron chi connectivity index (χ0n) is 20.8. The summed E-state index contributed by atoms with van der Waals surface area (Å²) >= 11 is 9.58. The summed E-state index contributed by atoms with van der Waals surface area (Å²) in [4.78, 5) is 42.4. The summed E-state index contributed by atoms with van der Waals surface area (Å²) in [5.41, 5.74) is 3.60. The van der Waals surface area contributed by atoms with Crippen LogP contribution in [0.15, 0.2) is 82.1 Å². The van der Waals surface area contributed by atoms with E-state index in [0.29, 0.717) is 51.6 Å². The van der Waals surface area contributed by atoms with Gasteiger partial charge in [-0.25, -0.2) is 4.79 Å². The number of imidazole rings is 1. The number of fused-ring (bicyclic) bond motifs is 1. The first kappa shape index (κ1) is 26.0. The lowest BCUT2D eigenvalue weighted by atomic mass is 10.0. The van der Waals surface area contributed by atoms with Gasteiger partial charge in [0.25, 0.3) is 5.91 Å². The summed E-state index contributed by atoms with van der Waals surface area (Å²) in [7, 11) is 1.82. The van der Waals surface area contributed by atoms with E-state index < -0.39 is 0 Å². The van der Waals surface area contributed by atoms with Crippen molar-refractivity contribution in [3.63, 3.8) is 0 Å². The van der Waals surface area contributed by atoms with Crippen LogP contribution in [0.25, 0.3) is 5.69 Å². The minimum Gasteiger partial charge on any atom is -0.388 e. The molecule has 1 aromatic heterocycles. The molecule has 9 heteroatoms. The van der Waals surface area contributed by atoms with Gasteiger partial charge in [0.1, 0.15) is 5.69 Å². The monoisotopic (exact) mass is 592 g/mol. The zero-order valence-corrected chi connectivity index (χ0v) is 23.1. The van der Waals surface area contributed by atoms with Crippen molar-refractivity contribution in [2.24, 2.45) is 0 Å². The standard InChI is InChI=1S/C29H26BrClN4O3/c1-32-21-9-11-22(12-10-21)35-27(26(36)14-7-19-5-3-2-4-6-19)25-18-33(15-16-34(25)29(35)38)28(37)20-8-13-23(30)24(31)17-20/h2-6,8-13,17,32H,7,14-16,18H2,1H3. The fraction of sp³-hybridized carbons (Fsp3) is 0.207. The van der Waals surface area contributed by atoms with Crippen LogP contribution < -0.4 is 11.0 Å². The highest BCUT2D eigenvalue weighted by molar-refractivity contribution is 9.10. The lowest BCUT2D eigenvalue weighted by Crippen LogP contribution is -2.41. The molecule has 1 aliphatic heterocycles. The summed E-state index contributed by atoms with van der Waals surface area (Å²) in [6.45, 7) is 0.792. The number of amides is 1. The number of nitrogens with zero attached hydrogens (tertiary/aromatic N) is 3. The molecule has 0 radical (unpaired) electrons. The smallest absolute Gasteiger partial charge is 0.333 e. The molecule has 0 bridgehead atoms. The van der Waals surface area contributed by atoms with E-state index in [0.717, 1.165) is 11.3 Å². The number of anilines is 1. The number of ketones is 1. The number of nitrogens with one attached hydrogen (secondary N) is 1. The summed E-state index contributed by atoms with van der Waals surface area (Å²) in [5.74, 6) is -0.342. The van der Waals surface area contributed by atoms with Crippen molar-refractivity contribution in [2.45, 2.75) is 25.9 Å². The molecule has 1 amide bonds. The van der Waals surface area contributed by atoms with Gasteiger partial charge in [0.05, 0.1) is 22.9 Å². The predicted molar refractivity (Wildman–Crippen MR) is 153 cm³/mol. The fourth-order valence-corrected chi connectivity index (χ4v) is 5.20. The van der Waals surface area contributed by atoms with Crippen LogP contribution in [0.2, 0.25) is 5.02 Å². The van der Waals surface area contributed by atoms with Crippen molar-refractivity contribution in [1.29, 1.82) is 0 Å². The molecular formula is C29H26BrClN4O3. The number of rotatable bonds is 7. The Morgan fingerprint density at radius 3 is 2.42 bits per heavy atom. The van der Waals surface area contributed by atoms with E-state index >= 15 is 0 Å². The molecule has 1 aliphatic rings. The molecule has 0 fully saturated rings. The van der Waals surface area contributed by atoms with Crippen molar-refractivity contribution in [2.75, 3.05) is 18.9 Å². The summed E-state index contributed by atoms with van der Waals surface area (Å²) in [6, 6.07) is 22.2. The van der Waals surface area contributed by atoms with Crippen LogP contribution in [-0.2, 0) is 19.5 Å². The Hall–Kier alpha value is -3.62. The van der Waals surface area contributed by atoms with Crippen LogP contribution in [0.4, 0.5) is 5.69 Å². The molecule has 5 rings (SSSR count). The second-order valence-corrected chi connectivity index (χ2v) is 10.4. The average Bonchev–Trinajstić information content (AvgIpc) is 3.25. The van der Waals surface area contributed by atoms with Gasteiger partial charge in [-0.3, -0.25) is 18.7 Å². The first-order chi connectivity index (χ1) is 18.4. The van der Waals surface area contributed by atoms with Crippen molar-refractivity contribution >= 4 is 44.9 Å². The Bertz CT molecular complexity index is 1560. The van der Waals surface area contributed by atoms with Crippen LogP contribution in [0.3, 0.4) is 0 Å². The fourth-order valence-electron chi connectivity index (χ4n) is 4.77. The molecule has 0 aliphatic carbocycles. The van der Waals surface area contributed by atoms with Crippen LogP contribution in [0.5, 0.6) is 0 Å². The molecule has 7 nitrogen and oxygen atoms in total. The molecule has 194 valence electrons. The maximum Gasteiger partial charge on any atom is 0.333 e. The number of Topliss-reactive ketones (excluding diaryl/α,β-unsaturated/α-hetero) is 1. The number of hydrogen-bond donors (Lipinski definition) is 1. The first-order valence-corrected chi connectivity index (χ1v) is 13.5. The molecule has 4 aromatic rings. The van der Waals surface area contributed by atoms with Gasteiger partial charge in [0, 0.05) is 42.3 Å². The molecule has 38 heavy (non-hydrogen) atoms. The number of halogens is 2. The minimum atomic E-state index is -0.279. The highest BCUT2D eigenvalue weighted by atomic mass is 79.9. The van der Waals surface area contributed by atoms with E-state index in [1.165, 1.54) is 4.57 Å². The number of aromatic nitrogens is 2. The summed E-state index contributed by atoms with van der Waals surface area (Å²) < 4.78 is 3.82.